The third-order valence-electron chi connectivity index (χ3n) is 18.4. The van der Waals surface area contributed by atoms with E-state index in [1.54, 1.807) is 34.9 Å². The first kappa shape index (κ1) is 85.5. The van der Waals surface area contributed by atoms with Crippen LogP contribution in [-0.4, -0.2) is 207 Å². The van der Waals surface area contributed by atoms with Crippen molar-refractivity contribution in [2.24, 2.45) is 21.5 Å². The van der Waals surface area contributed by atoms with E-state index in [2.05, 4.69) is 36.7 Å². The number of pyridine rings is 3. The number of aliphatic imine (C=N–C) groups is 2. The largest absolute Gasteiger partial charge is 1.00 e. The van der Waals surface area contributed by atoms with Gasteiger partial charge in [-0.2, -0.15) is 10.2 Å². The minimum Gasteiger partial charge on any atom is -1.00 e. The highest BCUT2D eigenvalue weighted by Gasteiger charge is 2.28. The van der Waals surface area contributed by atoms with Crippen molar-refractivity contribution in [3.05, 3.63) is 150 Å². The number of hydrogen-bond acceptors (Lipinski definition) is 19. The van der Waals surface area contributed by atoms with Crippen molar-refractivity contribution in [3.8, 4) is 5.75 Å². The first-order valence-electron chi connectivity index (χ1n) is 33.9. The van der Waals surface area contributed by atoms with E-state index in [9.17, 15) is 0 Å². The molecule has 2 aliphatic carbocycles. The van der Waals surface area contributed by atoms with Crippen molar-refractivity contribution in [1.29, 1.82) is 10.8 Å². The highest BCUT2D eigenvalue weighted by atomic mass is 35.5. The van der Waals surface area contributed by atoms with Crippen molar-refractivity contribution < 1.29 is 80.2 Å². The molecule has 0 atom stereocenters. The van der Waals surface area contributed by atoms with Gasteiger partial charge in [0.2, 0.25) is 0 Å². The van der Waals surface area contributed by atoms with Crippen molar-refractivity contribution in [1.82, 2.24) is 28.8 Å². The molecule has 0 bridgehead atoms. The molecular weight excluding hydrogens is 1370 g/mol. The van der Waals surface area contributed by atoms with Gasteiger partial charge in [0.25, 0.3) is 0 Å². The molecule has 9 heterocycles. The lowest BCUT2D eigenvalue weighted by Crippen LogP contribution is -3.00. The van der Waals surface area contributed by atoms with Gasteiger partial charge in [0, 0.05) is 49.3 Å². The Morgan fingerprint density at radius 1 is 0.515 bits per heavy atom. The van der Waals surface area contributed by atoms with Gasteiger partial charge in [-0.15, -0.1) is 17.5 Å². The Kier molecular flexibility index (Phi) is 34.9. The smallest absolute Gasteiger partial charge is 0.175 e. The highest BCUT2D eigenvalue weighted by Crippen LogP contribution is 2.33. The molecular formula is C72H107Cl4N19O6. The van der Waals surface area contributed by atoms with Crippen LogP contribution in [0, 0.1) is 10.8 Å². The van der Waals surface area contributed by atoms with Gasteiger partial charge in [-0.3, -0.25) is 10.8 Å². The normalized spacial score (nSPS) is 17.3. The first-order valence-corrected chi connectivity index (χ1v) is 33.9. The quantitative estimate of drug-likeness (QED) is 0.0223. The molecule has 25 nitrogen and oxygen atoms in total. The number of allylic oxidation sites excluding steroid dienone is 4. The molecule has 3 fully saturated rings. The zero-order valence-corrected chi connectivity index (χ0v) is 61.0. The van der Waals surface area contributed by atoms with Crippen molar-refractivity contribution >= 4 is 86.1 Å². The predicted molar refractivity (Wildman–Crippen MR) is 397 cm³/mol. The molecule has 0 radical (unpaired) electrons. The second-order valence-electron chi connectivity index (χ2n) is 26.2. The van der Waals surface area contributed by atoms with Crippen LogP contribution in [0.25, 0.3) is 16.6 Å². The Balaban J connectivity index is 0.000000296. The zero-order chi connectivity index (χ0) is 68.1. The molecule has 0 unspecified atom stereocenters. The molecule has 5 aliphatic rings. The summed E-state index contributed by atoms with van der Waals surface area (Å²) in [5, 5.41) is 60.9. The number of hydrogen-bond donors (Lipinski definition) is 11. The number of aryl methyl sites for hydroxylation is 2. The fraction of sp³-hybridized carbons (Fsp3) is 0.458. The number of nitrogens with two attached hydrogens (primary N) is 5. The minimum absolute atomic E-state index is 0. The van der Waals surface area contributed by atoms with Gasteiger partial charge in [0.1, 0.15) is 48.5 Å². The first-order chi connectivity index (χ1) is 46.4. The number of fused-ring (bicyclic) bond motifs is 3. The van der Waals surface area contributed by atoms with Crippen LogP contribution in [0.5, 0.6) is 5.75 Å². The van der Waals surface area contributed by atoms with E-state index < -0.39 is 0 Å². The molecule has 0 saturated carbocycles. The molecule has 1 aromatic carbocycles. The molecule has 7 aromatic rings. The van der Waals surface area contributed by atoms with Crippen LogP contribution in [0.15, 0.2) is 149 Å². The van der Waals surface area contributed by atoms with Crippen LogP contribution in [0.2, 0.25) is 0 Å². The number of nitrogen functional groups attached to an aromatic ring is 3. The van der Waals surface area contributed by atoms with E-state index in [1.165, 1.54) is 127 Å². The molecule has 554 valence electrons. The van der Waals surface area contributed by atoms with E-state index in [-0.39, 0.29) is 108 Å². The molecule has 29 heteroatoms. The number of rotatable bonds is 23. The van der Waals surface area contributed by atoms with Gasteiger partial charge >= 0.3 is 0 Å². The van der Waals surface area contributed by atoms with E-state index in [4.69, 9.17) is 84.1 Å². The molecule has 0 spiro atoms. The molecule has 0 amide bonds. The van der Waals surface area contributed by atoms with Crippen LogP contribution in [0.3, 0.4) is 0 Å². The summed E-state index contributed by atoms with van der Waals surface area (Å²) in [6.07, 6.45) is 28.3. The summed E-state index contributed by atoms with van der Waals surface area (Å²) >= 11 is 0. The number of anilines is 4. The minimum atomic E-state index is -0.117. The van der Waals surface area contributed by atoms with Crippen molar-refractivity contribution in [2.75, 3.05) is 149 Å². The summed E-state index contributed by atoms with van der Waals surface area (Å²) in [7, 11) is 7.08. The van der Waals surface area contributed by atoms with Gasteiger partial charge in [-0.1, -0.05) is 25.6 Å². The number of nitrogens with one attached hydrogen (secondary N) is 3. The SMILES string of the molecule is C.C[N+]1(CCCc2nn3ccccc3c2N)CCCCC1.C[N+]1(CCCc2nn3ccccc3c2N=C2C=C(OCCO)C(N)=CC2=N)CCCCC1.C[N+]1(CCNc2nn3ccccc3c2N=C2C=C(OCCO)C(N)=CC2=N)CCCCC1.Cl.Nc1ccc(OCCO)c(N)c1.[Cl-].[Cl-].[Cl-]. The maximum absolute atomic E-state index is 9.06. The number of piperidine rings is 3. The summed E-state index contributed by atoms with van der Waals surface area (Å²) in [5.74, 6) is 2.07. The summed E-state index contributed by atoms with van der Waals surface area (Å²) in [6, 6.07) is 22.8. The van der Waals surface area contributed by atoms with Gasteiger partial charge < -0.3 is 114 Å². The third kappa shape index (κ3) is 23.8. The lowest BCUT2D eigenvalue weighted by molar-refractivity contribution is -0.914. The van der Waals surface area contributed by atoms with E-state index >= 15 is 0 Å². The number of likely N-dealkylation sites (tertiary alicyclic amines) is 3. The molecule has 6 aromatic heterocycles. The molecule has 3 aliphatic heterocycles. The van der Waals surface area contributed by atoms with Crippen molar-refractivity contribution in [2.45, 2.75) is 90.9 Å². The fourth-order valence-electron chi connectivity index (χ4n) is 13.0. The van der Waals surface area contributed by atoms with Gasteiger partial charge in [-0.05, 0) is 137 Å². The Labute approximate surface area is 619 Å². The van der Waals surface area contributed by atoms with Gasteiger partial charge in [0.05, 0.1) is 180 Å². The van der Waals surface area contributed by atoms with Crippen LogP contribution < -0.4 is 75.9 Å². The topological polar surface area (TPSA) is 355 Å². The summed E-state index contributed by atoms with van der Waals surface area (Å²) in [4.78, 5) is 9.63. The van der Waals surface area contributed by atoms with Crippen LogP contribution in [-0.2, 0) is 22.3 Å². The second kappa shape index (κ2) is 41.2. The Hall–Kier alpha value is -7.95. The number of aliphatic hydroxyl groups excluding tert-OH is 3. The molecule has 16 N–H and O–H groups in total. The highest BCUT2D eigenvalue weighted by molar-refractivity contribution is 6.51. The Morgan fingerprint density at radius 2 is 0.931 bits per heavy atom. The lowest BCUT2D eigenvalue weighted by atomic mass is 10.1. The predicted octanol–water partition coefficient (Wildman–Crippen LogP) is -0.272. The Morgan fingerprint density at radius 3 is 1.41 bits per heavy atom. The number of ether oxygens (including phenoxy) is 3. The fourth-order valence-corrected chi connectivity index (χ4v) is 13.0. The maximum atomic E-state index is 9.06. The average Bonchev–Trinajstić information content (AvgIpc) is 1.67. The number of nitrogens with zero attached hydrogens (tertiary/aromatic N) is 11. The standard InChI is InChI=1S/C24H33N6O2.C23H32N7O2.C16H25N4.C8H12N2O2.CH4.4ClH/c1-30(11-5-2-6-12-30)13-7-8-20-24(22-9-3-4-10-29(22)28-20)27-21-17-23(32-15-14-31)19(26)16-18(21)25;1-30(10-5-2-6-11-30)12-8-26-23-22(20-7-3-4-9-29(20)28-23)27-19-16-21(32-14-13-31)18(25)15-17(19)24;1-20(11-5-2-6-12-20)13-7-8-14-16(17)15-9-3-4-10-19(15)18-14;9-6-1-2-8(7(10)5-6)12-4-3-11;;;;;/h3-4,9-10,16-17,25,31H,2,5-8,11-15,26H2,1H3;3-4,7,9,15-16,24,31H,2,5-6,8,10-14,25H2,1H3,(H,26,28);3-4,9-10H,2,5-8,11-13,17H2,1H3;1-2,5,11H,3-4,9-10H2;1H4;4*1H/q3*+1;;;;;;/p-3. The van der Waals surface area contributed by atoms with Gasteiger partial charge in [-0.25, -0.2) is 23.5 Å². The number of aromatic nitrogens is 6. The van der Waals surface area contributed by atoms with E-state index in [1.807, 2.05) is 82.2 Å². The molecule has 12 rings (SSSR count). The second-order valence-corrected chi connectivity index (χ2v) is 26.2. The van der Waals surface area contributed by atoms with E-state index in [0.717, 1.165) is 87.2 Å². The van der Waals surface area contributed by atoms with Crippen LogP contribution >= 0.6 is 12.4 Å². The summed E-state index contributed by atoms with van der Waals surface area (Å²) in [5.41, 5.74) is 39.5. The van der Waals surface area contributed by atoms with E-state index in [0.29, 0.717) is 63.0 Å². The maximum Gasteiger partial charge on any atom is 0.175 e. The number of halogens is 4. The monoisotopic (exact) mass is 1470 g/mol. The lowest BCUT2D eigenvalue weighted by Gasteiger charge is -2.37. The number of likely N-dealkylation sites (N-methyl/N-ethyl adjacent to an activating group) is 1. The van der Waals surface area contributed by atoms with Gasteiger partial charge in [0.15, 0.2) is 5.82 Å². The van der Waals surface area contributed by atoms with Crippen molar-refractivity contribution in [3.63, 3.8) is 0 Å². The number of quaternary nitrogens is 3. The van der Waals surface area contributed by atoms with Crippen LogP contribution in [0.4, 0.5) is 34.3 Å². The third-order valence-corrected chi connectivity index (χ3v) is 18.4. The molecule has 101 heavy (non-hydrogen) atoms. The number of benzene rings is 1. The summed E-state index contributed by atoms with van der Waals surface area (Å²) in [6.45, 7) is 12.1. The average molecular weight is 1480 g/mol. The molecule has 3 saturated heterocycles. The Bertz CT molecular complexity index is 3800. The van der Waals surface area contributed by atoms with Crippen LogP contribution in [0.1, 0.15) is 89.4 Å². The zero-order valence-electron chi connectivity index (χ0n) is 57.9. The number of aliphatic hydroxyl groups is 3. The summed E-state index contributed by atoms with van der Waals surface area (Å²) < 4.78 is 25.1.